The molecule has 1 atom stereocenters. The molecule has 0 aliphatic heterocycles. The Bertz CT molecular complexity index is 277. The number of nitrogens with two attached hydrogens (primary N) is 1. The van der Waals surface area contributed by atoms with Gasteiger partial charge in [-0.3, -0.25) is 4.79 Å². The molecule has 24 heavy (non-hydrogen) atoms. The third-order valence-electron chi connectivity index (χ3n) is 4.31. The van der Waals surface area contributed by atoms with Crippen LogP contribution in [-0.4, -0.2) is 40.3 Å². The summed E-state index contributed by atoms with van der Waals surface area (Å²) in [5.41, 5.74) is 5.45. The van der Waals surface area contributed by atoms with Crippen molar-refractivity contribution in [2.45, 2.75) is 95.9 Å². The normalized spacial score (nSPS) is 12.4. The maximum Gasteiger partial charge on any atom is 0.321 e. The lowest BCUT2D eigenvalue weighted by atomic mass is 10.0. The Morgan fingerprint density at radius 3 is 1.50 bits per heavy atom. The van der Waals surface area contributed by atoms with E-state index in [1.165, 1.54) is 83.5 Å². The van der Waals surface area contributed by atoms with Crippen LogP contribution in [0.5, 0.6) is 0 Å². The number of carboxylic acids is 1. The molecule has 0 bridgehead atoms. The number of hydrogen-bond acceptors (Lipinski definition) is 4. The summed E-state index contributed by atoms with van der Waals surface area (Å²) in [6, 6.07) is -0.712. The van der Waals surface area contributed by atoms with Gasteiger partial charge < -0.3 is 15.9 Å². The summed E-state index contributed by atoms with van der Waals surface area (Å²) in [6.07, 6.45) is 18.0. The molecule has 0 aliphatic carbocycles. The summed E-state index contributed by atoms with van der Waals surface area (Å²) >= 11 is 1.66. The van der Waals surface area contributed by atoms with Gasteiger partial charge in [0.2, 0.25) is 0 Å². The second kappa shape index (κ2) is 19.1. The smallest absolute Gasteiger partial charge is 0.321 e. The molecule has 4 nitrogen and oxygen atoms in total. The van der Waals surface area contributed by atoms with E-state index in [9.17, 15) is 4.79 Å². The highest BCUT2D eigenvalue weighted by atomic mass is 32.2. The van der Waals surface area contributed by atoms with Crippen molar-refractivity contribution in [2.24, 2.45) is 5.73 Å². The van der Waals surface area contributed by atoms with Crippen molar-refractivity contribution >= 4 is 17.7 Å². The predicted molar refractivity (Wildman–Crippen MR) is 105 cm³/mol. The van der Waals surface area contributed by atoms with Crippen LogP contribution in [0.15, 0.2) is 0 Å². The van der Waals surface area contributed by atoms with E-state index in [2.05, 4.69) is 0 Å². The molecule has 0 rings (SSSR count). The lowest BCUT2D eigenvalue weighted by molar-refractivity contribution is -0.137. The van der Waals surface area contributed by atoms with Crippen LogP contribution in [0.3, 0.4) is 0 Å². The van der Waals surface area contributed by atoms with Gasteiger partial charge in [-0.05, 0) is 18.6 Å². The van der Waals surface area contributed by atoms with Crippen molar-refractivity contribution in [1.29, 1.82) is 0 Å². The van der Waals surface area contributed by atoms with Gasteiger partial charge in [-0.2, -0.15) is 11.8 Å². The van der Waals surface area contributed by atoms with E-state index in [-0.39, 0.29) is 0 Å². The molecular formula is C19H39NO3S. The minimum atomic E-state index is -0.899. The topological polar surface area (TPSA) is 83.5 Å². The van der Waals surface area contributed by atoms with Crippen LogP contribution < -0.4 is 5.73 Å². The fraction of sp³-hybridized carbons (Fsp3) is 0.947. The summed E-state index contributed by atoms with van der Waals surface area (Å²) in [5.74, 6) is 0.653. The van der Waals surface area contributed by atoms with Crippen LogP contribution in [-0.2, 0) is 4.79 Å². The molecule has 0 aromatic carbocycles. The molecule has 0 spiro atoms. The number of carboxylic acid groups (broad SMARTS) is 1. The highest BCUT2D eigenvalue weighted by molar-refractivity contribution is 7.99. The van der Waals surface area contributed by atoms with Gasteiger partial charge in [0.15, 0.2) is 0 Å². The SMILES string of the molecule is N[C@@H](CSCCCCCCCCCCCCCCCCO)C(=O)O. The van der Waals surface area contributed by atoms with Crippen LogP contribution in [0.25, 0.3) is 0 Å². The fourth-order valence-corrected chi connectivity index (χ4v) is 3.69. The maximum atomic E-state index is 10.6. The van der Waals surface area contributed by atoms with Crippen molar-refractivity contribution in [2.75, 3.05) is 18.1 Å². The Balaban J connectivity index is 3.04. The number of thioether (sulfide) groups is 1. The average Bonchev–Trinajstić information content (AvgIpc) is 2.57. The monoisotopic (exact) mass is 361 g/mol. The molecule has 0 amide bonds. The third kappa shape index (κ3) is 18.1. The maximum absolute atomic E-state index is 10.6. The molecule has 0 aromatic heterocycles. The zero-order valence-corrected chi connectivity index (χ0v) is 16.2. The summed E-state index contributed by atoms with van der Waals surface area (Å²) < 4.78 is 0. The number of aliphatic hydroxyl groups is 1. The van der Waals surface area contributed by atoms with Crippen LogP contribution in [0.1, 0.15) is 89.9 Å². The van der Waals surface area contributed by atoms with E-state index in [0.717, 1.165) is 12.2 Å². The van der Waals surface area contributed by atoms with E-state index in [1.54, 1.807) is 11.8 Å². The lowest BCUT2D eigenvalue weighted by Gasteiger charge is -2.06. The Morgan fingerprint density at radius 1 is 0.750 bits per heavy atom. The fourth-order valence-electron chi connectivity index (χ4n) is 2.72. The lowest BCUT2D eigenvalue weighted by Crippen LogP contribution is -2.32. The van der Waals surface area contributed by atoms with Gasteiger partial charge in [0.05, 0.1) is 0 Å². The van der Waals surface area contributed by atoms with Crippen LogP contribution in [0.4, 0.5) is 0 Å². The largest absolute Gasteiger partial charge is 0.480 e. The second-order valence-corrected chi connectivity index (χ2v) is 7.84. The van der Waals surface area contributed by atoms with Crippen molar-refractivity contribution in [1.82, 2.24) is 0 Å². The van der Waals surface area contributed by atoms with E-state index >= 15 is 0 Å². The number of hydrogen-bond donors (Lipinski definition) is 3. The van der Waals surface area contributed by atoms with Gasteiger partial charge in [0.25, 0.3) is 0 Å². The first-order valence-electron chi connectivity index (χ1n) is 9.85. The van der Waals surface area contributed by atoms with Crippen molar-refractivity contribution in [3.8, 4) is 0 Å². The second-order valence-electron chi connectivity index (χ2n) is 6.69. The number of aliphatic hydroxyl groups excluding tert-OH is 1. The van der Waals surface area contributed by atoms with Gasteiger partial charge in [0.1, 0.15) is 6.04 Å². The van der Waals surface area contributed by atoms with E-state index in [4.69, 9.17) is 15.9 Å². The molecule has 0 unspecified atom stereocenters. The van der Waals surface area contributed by atoms with Gasteiger partial charge in [-0.1, -0.05) is 77.0 Å². The summed E-state index contributed by atoms with van der Waals surface area (Å²) in [7, 11) is 0. The Morgan fingerprint density at radius 2 is 1.12 bits per heavy atom. The molecule has 0 aliphatic rings. The van der Waals surface area contributed by atoms with Gasteiger partial charge >= 0.3 is 5.97 Å². The van der Waals surface area contributed by atoms with Crippen LogP contribution in [0.2, 0.25) is 0 Å². The Kier molecular flexibility index (Phi) is 18.9. The van der Waals surface area contributed by atoms with E-state index in [0.29, 0.717) is 12.4 Å². The molecule has 0 heterocycles. The number of aliphatic carboxylic acids is 1. The first kappa shape index (κ1) is 23.7. The average molecular weight is 362 g/mol. The minimum absolute atomic E-state index is 0.345. The minimum Gasteiger partial charge on any atom is -0.480 e. The molecule has 0 radical (unpaired) electrons. The highest BCUT2D eigenvalue weighted by Crippen LogP contribution is 2.14. The summed E-state index contributed by atoms with van der Waals surface area (Å²) in [4.78, 5) is 10.6. The van der Waals surface area contributed by atoms with Crippen molar-refractivity contribution in [3.63, 3.8) is 0 Å². The van der Waals surface area contributed by atoms with Crippen molar-refractivity contribution in [3.05, 3.63) is 0 Å². The molecule has 0 saturated heterocycles. The molecule has 144 valence electrons. The van der Waals surface area contributed by atoms with E-state index < -0.39 is 12.0 Å². The molecular weight excluding hydrogens is 322 g/mol. The molecule has 0 fully saturated rings. The summed E-state index contributed by atoms with van der Waals surface area (Å²) in [5, 5.41) is 17.4. The van der Waals surface area contributed by atoms with Crippen LogP contribution >= 0.6 is 11.8 Å². The zero-order valence-electron chi connectivity index (χ0n) is 15.4. The number of rotatable bonds is 19. The molecule has 4 N–H and O–H groups in total. The standard InChI is InChI=1S/C19H39NO3S/c20-18(19(22)23)17-24-16-14-12-10-8-6-4-2-1-3-5-7-9-11-13-15-21/h18,21H,1-17,20H2,(H,22,23)/t18-/m0/s1. The predicted octanol–water partition coefficient (Wildman–Crippen LogP) is 4.59. The number of carbonyl (C=O) groups is 1. The Labute approximate surface area is 153 Å². The first-order chi connectivity index (χ1) is 11.7. The number of unbranched alkanes of at least 4 members (excludes halogenated alkanes) is 13. The zero-order chi connectivity index (χ0) is 17.9. The van der Waals surface area contributed by atoms with Gasteiger partial charge in [-0.15, -0.1) is 0 Å². The first-order valence-corrected chi connectivity index (χ1v) is 11.0. The summed E-state index contributed by atoms with van der Waals surface area (Å²) in [6.45, 7) is 0.345. The van der Waals surface area contributed by atoms with Crippen molar-refractivity contribution < 1.29 is 15.0 Å². The molecule has 5 heteroatoms. The van der Waals surface area contributed by atoms with Gasteiger partial charge in [0, 0.05) is 12.4 Å². The Hall–Kier alpha value is -0.260. The quantitative estimate of drug-likeness (QED) is 0.293. The van der Waals surface area contributed by atoms with Gasteiger partial charge in [-0.25, -0.2) is 0 Å². The van der Waals surface area contributed by atoms with Crippen LogP contribution in [0, 0.1) is 0 Å². The highest BCUT2D eigenvalue weighted by Gasteiger charge is 2.10. The molecule has 0 saturated carbocycles. The van der Waals surface area contributed by atoms with E-state index in [1.807, 2.05) is 0 Å². The molecule has 0 aromatic rings. The third-order valence-corrected chi connectivity index (χ3v) is 5.48.